The molecule has 20 heavy (non-hydrogen) atoms. The summed E-state index contributed by atoms with van der Waals surface area (Å²) < 4.78 is 16.4. The number of rotatable bonds is 9. The van der Waals surface area contributed by atoms with Crippen molar-refractivity contribution in [2.24, 2.45) is 0 Å². The molecule has 0 N–H and O–H groups in total. The molecule has 0 aliphatic rings. The Kier molecular flexibility index (Phi) is 6.98. The maximum Gasteiger partial charge on any atom is 0.500 e. The fraction of sp³-hybridized carbons (Fsp3) is 0.467. The highest BCUT2D eigenvalue weighted by atomic mass is 32.2. The van der Waals surface area contributed by atoms with Crippen LogP contribution in [-0.2, 0) is 18.0 Å². The molecule has 3 nitrogen and oxygen atoms in total. The summed E-state index contributed by atoms with van der Waals surface area (Å²) in [5, 5.41) is 0. The Hall–Kier alpha value is -0.593. The maximum atomic E-state index is 5.51. The van der Waals surface area contributed by atoms with Crippen molar-refractivity contribution >= 4 is 20.6 Å². The molecule has 1 aromatic carbocycles. The summed E-state index contributed by atoms with van der Waals surface area (Å²) in [6, 6.07) is 11.1. The monoisotopic (exact) mass is 312 g/mol. The van der Waals surface area contributed by atoms with E-state index < -0.39 is 8.80 Å². The van der Waals surface area contributed by atoms with Crippen molar-refractivity contribution in [3.63, 3.8) is 0 Å². The Labute approximate surface area is 127 Å². The Morgan fingerprint density at radius 3 is 2.10 bits per heavy atom. The van der Waals surface area contributed by atoms with E-state index in [9.17, 15) is 0 Å². The van der Waals surface area contributed by atoms with Gasteiger partial charge in [0.2, 0.25) is 0 Å². The molecule has 0 aliphatic heterocycles. The summed E-state index contributed by atoms with van der Waals surface area (Å²) in [4.78, 5) is 0. The molecule has 1 aromatic rings. The van der Waals surface area contributed by atoms with E-state index >= 15 is 0 Å². The first-order chi connectivity index (χ1) is 9.62. The van der Waals surface area contributed by atoms with E-state index in [1.54, 1.807) is 33.1 Å². The lowest BCUT2D eigenvalue weighted by molar-refractivity contribution is 0.122. The van der Waals surface area contributed by atoms with Gasteiger partial charge < -0.3 is 13.3 Å². The number of thioether (sulfide) groups is 1. The van der Waals surface area contributed by atoms with Gasteiger partial charge in [-0.05, 0) is 18.2 Å². The van der Waals surface area contributed by atoms with Crippen LogP contribution in [-0.4, -0.2) is 36.4 Å². The van der Waals surface area contributed by atoms with Crippen molar-refractivity contribution in [2.45, 2.75) is 17.2 Å². The summed E-state index contributed by atoms with van der Waals surface area (Å²) >= 11 is 1.78. The molecule has 112 valence electrons. The molecule has 0 fully saturated rings. The molecule has 0 spiro atoms. The van der Waals surface area contributed by atoms with Gasteiger partial charge in [0, 0.05) is 27.4 Å². The van der Waals surface area contributed by atoms with Gasteiger partial charge in [0.25, 0.3) is 0 Å². The van der Waals surface area contributed by atoms with Gasteiger partial charge in [-0.1, -0.05) is 36.4 Å². The van der Waals surface area contributed by atoms with Crippen LogP contribution in [0.3, 0.4) is 0 Å². The van der Waals surface area contributed by atoms with Gasteiger partial charge in [0.15, 0.2) is 0 Å². The minimum absolute atomic E-state index is 0.144. The van der Waals surface area contributed by atoms with Gasteiger partial charge in [-0.2, -0.15) is 0 Å². The molecule has 1 rings (SSSR count). The van der Waals surface area contributed by atoms with E-state index in [2.05, 4.69) is 37.1 Å². The van der Waals surface area contributed by atoms with Crippen molar-refractivity contribution < 1.29 is 13.3 Å². The van der Waals surface area contributed by atoms with E-state index in [0.29, 0.717) is 0 Å². The molecular formula is C15H24O3SSi. The Balaban J connectivity index is 2.96. The lowest BCUT2D eigenvalue weighted by Crippen LogP contribution is -2.43. The molecule has 0 bridgehead atoms. The Morgan fingerprint density at radius 2 is 1.70 bits per heavy atom. The van der Waals surface area contributed by atoms with Crippen molar-refractivity contribution in [3.05, 3.63) is 48.6 Å². The standard InChI is InChI=1S/C15H24O3SSi/c1-6-15(19-5,14-10-8-7-9-11-14)12-13-20(16-2,17-3)18-4/h6-11H,1,12-13H2,2-5H3. The fourth-order valence-corrected chi connectivity index (χ4v) is 5.12. The quantitative estimate of drug-likeness (QED) is 0.513. The van der Waals surface area contributed by atoms with Crippen molar-refractivity contribution in [1.29, 1.82) is 0 Å². The molecule has 1 unspecified atom stereocenters. The Bertz CT molecular complexity index is 401. The first kappa shape index (κ1) is 17.5. The average Bonchev–Trinajstić information content (AvgIpc) is 2.54. The average molecular weight is 313 g/mol. The predicted octanol–water partition coefficient (Wildman–Crippen LogP) is 3.70. The van der Waals surface area contributed by atoms with Gasteiger partial charge >= 0.3 is 8.80 Å². The third kappa shape index (κ3) is 3.74. The molecule has 0 heterocycles. The molecule has 0 aliphatic carbocycles. The highest BCUT2D eigenvalue weighted by molar-refractivity contribution is 7.99. The largest absolute Gasteiger partial charge is 0.500 e. The smallest absolute Gasteiger partial charge is 0.377 e. The molecular weight excluding hydrogens is 288 g/mol. The molecule has 0 aromatic heterocycles. The summed E-state index contributed by atoms with van der Waals surface area (Å²) in [5.41, 5.74) is 1.24. The van der Waals surface area contributed by atoms with Gasteiger partial charge in [0.1, 0.15) is 0 Å². The molecule has 0 saturated heterocycles. The molecule has 0 radical (unpaired) electrons. The summed E-state index contributed by atoms with van der Waals surface area (Å²) in [6.45, 7) is 4.03. The van der Waals surface area contributed by atoms with Gasteiger partial charge in [-0.3, -0.25) is 0 Å². The van der Waals surface area contributed by atoms with Gasteiger partial charge in [-0.15, -0.1) is 18.3 Å². The topological polar surface area (TPSA) is 27.7 Å². The second-order valence-corrected chi connectivity index (χ2v) is 8.69. The predicted molar refractivity (Wildman–Crippen MR) is 88.0 cm³/mol. The van der Waals surface area contributed by atoms with Crippen LogP contribution in [0.4, 0.5) is 0 Å². The van der Waals surface area contributed by atoms with Crippen LogP contribution in [0.15, 0.2) is 43.0 Å². The van der Waals surface area contributed by atoms with Crippen LogP contribution in [0.5, 0.6) is 0 Å². The van der Waals surface area contributed by atoms with Crippen LogP contribution in [0, 0.1) is 0 Å². The number of benzene rings is 1. The first-order valence-electron chi connectivity index (χ1n) is 6.51. The molecule has 5 heteroatoms. The SMILES string of the molecule is C=CC(CC[Si](OC)(OC)OC)(SC)c1ccccc1. The highest BCUT2D eigenvalue weighted by Gasteiger charge is 2.41. The van der Waals surface area contributed by atoms with E-state index in [1.807, 2.05) is 12.1 Å². The summed E-state index contributed by atoms with van der Waals surface area (Å²) in [7, 11) is 2.39. The lowest BCUT2D eigenvalue weighted by atomic mass is 9.95. The van der Waals surface area contributed by atoms with Crippen LogP contribution in [0.2, 0.25) is 6.04 Å². The summed E-state index contributed by atoms with van der Waals surface area (Å²) in [6.07, 6.45) is 4.97. The minimum atomic E-state index is -2.55. The zero-order valence-corrected chi connectivity index (χ0v) is 14.5. The molecule has 1 atom stereocenters. The number of hydrogen-bond donors (Lipinski definition) is 0. The third-order valence-corrected chi connectivity index (χ3v) is 7.76. The summed E-state index contributed by atoms with van der Waals surface area (Å²) in [5.74, 6) is 0. The van der Waals surface area contributed by atoms with Crippen LogP contribution >= 0.6 is 11.8 Å². The van der Waals surface area contributed by atoms with E-state index in [1.165, 1.54) is 5.56 Å². The fourth-order valence-electron chi connectivity index (χ4n) is 2.28. The van der Waals surface area contributed by atoms with Crippen LogP contribution < -0.4 is 0 Å². The number of hydrogen-bond acceptors (Lipinski definition) is 4. The van der Waals surface area contributed by atoms with Crippen LogP contribution in [0.25, 0.3) is 0 Å². The second-order valence-electron chi connectivity index (χ2n) is 4.46. The normalized spacial score (nSPS) is 14.8. The third-order valence-electron chi connectivity index (χ3n) is 3.69. The second kappa shape index (κ2) is 8.00. The zero-order chi connectivity index (χ0) is 15.1. The Morgan fingerprint density at radius 1 is 1.15 bits per heavy atom. The molecule has 0 amide bonds. The van der Waals surface area contributed by atoms with Crippen molar-refractivity contribution in [1.82, 2.24) is 0 Å². The molecule has 0 saturated carbocycles. The van der Waals surface area contributed by atoms with Crippen molar-refractivity contribution in [3.8, 4) is 0 Å². The lowest BCUT2D eigenvalue weighted by Gasteiger charge is -2.33. The minimum Gasteiger partial charge on any atom is -0.377 e. The van der Waals surface area contributed by atoms with Gasteiger partial charge in [-0.25, -0.2) is 0 Å². The van der Waals surface area contributed by atoms with E-state index in [0.717, 1.165) is 12.5 Å². The maximum absolute atomic E-state index is 5.51. The highest BCUT2D eigenvalue weighted by Crippen LogP contribution is 2.41. The zero-order valence-electron chi connectivity index (χ0n) is 12.7. The van der Waals surface area contributed by atoms with Crippen molar-refractivity contribution in [2.75, 3.05) is 27.6 Å². The first-order valence-corrected chi connectivity index (χ1v) is 9.67. The van der Waals surface area contributed by atoms with E-state index in [-0.39, 0.29) is 4.75 Å². The van der Waals surface area contributed by atoms with Gasteiger partial charge in [0.05, 0.1) is 4.75 Å². The van der Waals surface area contributed by atoms with E-state index in [4.69, 9.17) is 13.3 Å². The van der Waals surface area contributed by atoms with Crippen LogP contribution in [0.1, 0.15) is 12.0 Å².